The lowest BCUT2D eigenvalue weighted by molar-refractivity contribution is -0.128. The fraction of sp³-hybridized carbons (Fsp3) is 0.462. The van der Waals surface area contributed by atoms with Gasteiger partial charge in [0.2, 0.25) is 5.91 Å². The van der Waals surface area contributed by atoms with Crippen molar-refractivity contribution in [2.45, 2.75) is 58.3 Å². The molecule has 0 saturated carbocycles. The van der Waals surface area contributed by atoms with E-state index >= 15 is 0 Å². The molecule has 0 fully saturated rings. The van der Waals surface area contributed by atoms with Crippen molar-refractivity contribution < 1.29 is 29.3 Å². The van der Waals surface area contributed by atoms with Gasteiger partial charge in [0.15, 0.2) is 5.78 Å². The summed E-state index contributed by atoms with van der Waals surface area (Å²) in [6, 6.07) is 3.57. The van der Waals surface area contributed by atoms with Crippen LogP contribution in [0.3, 0.4) is 0 Å². The minimum atomic E-state index is -1.06. The van der Waals surface area contributed by atoms with E-state index in [1.807, 2.05) is 13.0 Å². The SMILES string of the molecule is COc1cc2cc(c1Cl)NC(=O)C[C@H](O)/C(C)=C/[C@H](C)[C@@H](O)CC(=O)[C@H](OC)/C=C/C=C(\C)C2. The highest BCUT2D eigenvalue weighted by atomic mass is 35.5. The summed E-state index contributed by atoms with van der Waals surface area (Å²) in [4.78, 5) is 25.3. The monoisotopic (exact) mass is 491 g/mol. The van der Waals surface area contributed by atoms with Gasteiger partial charge in [-0.05, 0) is 49.6 Å². The third kappa shape index (κ3) is 7.81. The van der Waals surface area contributed by atoms with Gasteiger partial charge in [-0.15, -0.1) is 0 Å². The Labute approximate surface area is 206 Å². The van der Waals surface area contributed by atoms with Crippen molar-refractivity contribution in [1.82, 2.24) is 0 Å². The van der Waals surface area contributed by atoms with E-state index in [4.69, 9.17) is 21.1 Å². The predicted molar refractivity (Wildman–Crippen MR) is 133 cm³/mol. The summed E-state index contributed by atoms with van der Waals surface area (Å²) in [6.07, 6.45) is 4.40. The first-order valence-electron chi connectivity index (χ1n) is 11.2. The van der Waals surface area contributed by atoms with Crippen molar-refractivity contribution in [3.05, 3.63) is 58.2 Å². The first-order valence-corrected chi connectivity index (χ1v) is 11.5. The number of methoxy groups -OCH3 is 2. The minimum absolute atomic E-state index is 0.1000. The molecule has 186 valence electrons. The number of hydrogen-bond acceptors (Lipinski definition) is 6. The number of fused-ring (bicyclic) bond motifs is 2. The second-order valence-electron chi connectivity index (χ2n) is 8.67. The lowest BCUT2D eigenvalue weighted by Crippen LogP contribution is -2.28. The summed E-state index contributed by atoms with van der Waals surface area (Å²) in [5.74, 6) is -0.656. The maximum absolute atomic E-state index is 12.6. The second-order valence-corrected chi connectivity index (χ2v) is 9.04. The lowest BCUT2D eigenvalue weighted by atomic mass is 9.94. The largest absolute Gasteiger partial charge is 0.495 e. The topological polar surface area (TPSA) is 105 Å². The van der Waals surface area contributed by atoms with Crippen molar-refractivity contribution in [2.75, 3.05) is 19.5 Å². The van der Waals surface area contributed by atoms with Crippen molar-refractivity contribution in [3.63, 3.8) is 0 Å². The molecule has 0 aromatic heterocycles. The first kappa shape index (κ1) is 27.8. The number of nitrogens with one attached hydrogen (secondary N) is 1. The van der Waals surface area contributed by atoms with E-state index in [2.05, 4.69) is 5.32 Å². The predicted octanol–water partition coefficient (Wildman–Crippen LogP) is 4.01. The zero-order chi connectivity index (χ0) is 25.4. The molecule has 0 unspecified atom stereocenters. The normalized spacial score (nSPS) is 29.4. The smallest absolute Gasteiger partial charge is 0.227 e. The Kier molecular flexibility index (Phi) is 10.5. The summed E-state index contributed by atoms with van der Waals surface area (Å²) in [5, 5.41) is 24.1. The fourth-order valence-corrected chi connectivity index (χ4v) is 3.93. The Morgan fingerprint density at radius 1 is 1.12 bits per heavy atom. The van der Waals surface area contributed by atoms with Crippen LogP contribution in [-0.2, 0) is 20.7 Å². The van der Waals surface area contributed by atoms with E-state index in [1.165, 1.54) is 14.2 Å². The number of ether oxygens (including phenoxy) is 2. The van der Waals surface area contributed by atoms with Gasteiger partial charge in [0.1, 0.15) is 16.9 Å². The maximum atomic E-state index is 12.6. The van der Waals surface area contributed by atoms with E-state index in [0.29, 0.717) is 23.4 Å². The number of halogens is 1. The van der Waals surface area contributed by atoms with E-state index in [-0.39, 0.29) is 23.6 Å². The molecule has 0 aliphatic carbocycles. The van der Waals surface area contributed by atoms with E-state index in [1.54, 1.807) is 44.2 Å². The molecule has 1 heterocycles. The van der Waals surface area contributed by atoms with Gasteiger partial charge in [-0.1, -0.05) is 42.3 Å². The van der Waals surface area contributed by atoms with Crippen LogP contribution in [0.15, 0.2) is 47.6 Å². The Morgan fingerprint density at radius 3 is 2.47 bits per heavy atom. The number of Topliss-reactive ketones (excluding diaryl/α,β-unsaturated/α-hetero) is 1. The summed E-state index contributed by atoms with van der Waals surface area (Å²) in [7, 11) is 2.94. The molecular formula is C26H34ClNO6. The van der Waals surface area contributed by atoms with Crippen LogP contribution in [0.1, 0.15) is 39.2 Å². The van der Waals surface area contributed by atoms with Crippen molar-refractivity contribution >= 4 is 29.0 Å². The standard InChI is InChI=1S/C26H34ClNO6/c1-15-7-6-8-23(33-4)22(31)13-20(29)16(2)10-17(3)21(30)14-25(32)28-19-11-18(9-15)12-24(34-5)26(19)27/h6-8,10-12,16,20-21,23,29-30H,9,13-14H2,1-5H3,(H,28,32)/b8-6+,15-7+,17-10+/t16-,20-,21-,23+/m0/s1. The molecule has 3 N–H and O–H groups in total. The molecule has 8 heteroatoms. The zero-order valence-electron chi connectivity index (χ0n) is 20.3. The van der Waals surface area contributed by atoms with Crippen LogP contribution in [0.25, 0.3) is 0 Å². The molecule has 1 aliphatic rings. The van der Waals surface area contributed by atoms with Gasteiger partial charge in [-0.25, -0.2) is 0 Å². The number of hydrogen-bond donors (Lipinski definition) is 3. The number of rotatable bonds is 2. The Morgan fingerprint density at radius 2 is 1.82 bits per heavy atom. The summed E-state index contributed by atoms with van der Waals surface area (Å²) < 4.78 is 10.7. The molecular weight excluding hydrogens is 458 g/mol. The third-order valence-corrected chi connectivity index (χ3v) is 6.15. The summed E-state index contributed by atoms with van der Waals surface area (Å²) in [6.45, 7) is 5.36. The number of aliphatic hydroxyl groups excluding tert-OH is 2. The Bertz CT molecular complexity index is 984. The van der Waals surface area contributed by atoms with Gasteiger partial charge in [0.25, 0.3) is 0 Å². The van der Waals surface area contributed by atoms with Crippen LogP contribution < -0.4 is 10.1 Å². The van der Waals surface area contributed by atoms with Crippen LogP contribution in [-0.4, -0.2) is 54.4 Å². The molecule has 2 rings (SSSR count). The molecule has 4 atom stereocenters. The van der Waals surface area contributed by atoms with Crippen LogP contribution in [0.4, 0.5) is 5.69 Å². The molecule has 1 aromatic carbocycles. The van der Waals surface area contributed by atoms with Gasteiger partial charge >= 0.3 is 0 Å². The average molecular weight is 492 g/mol. The van der Waals surface area contributed by atoms with Gasteiger partial charge < -0.3 is 25.0 Å². The Balaban J connectivity index is 2.46. The quantitative estimate of drug-likeness (QED) is 0.540. The highest BCUT2D eigenvalue weighted by Crippen LogP contribution is 2.34. The first-order chi connectivity index (χ1) is 16.0. The van der Waals surface area contributed by atoms with Crippen molar-refractivity contribution in [3.8, 4) is 5.75 Å². The number of ketones is 1. The van der Waals surface area contributed by atoms with Crippen LogP contribution in [0.2, 0.25) is 5.02 Å². The van der Waals surface area contributed by atoms with Crippen molar-refractivity contribution in [2.24, 2.45) is 5.92 Å². The highest BCUT2D eigenvalue weighted by Gasteiger charge is 2.23. The molecule has 7 nitrogen and oxygen atoms in total. The van der Waals surface area contributed by atoms with Crippen LogP contribution >= 0.6 is 11.6 Å². The van der Waals surface area contributed by atoms with Crippen LogP contribution in [0.5, 0.6) is 5.75 Å². The Hall–Kier alpha value is -2.45. The molecule has 1 amide bonds. The van der Waals surface area contributed by atoms with E-state index in [9.17, 15) is 19.8 Å². The molecule has 1 aliphatic heterocycles. The summed E-state index contributed by atoms with van der Waals surface area (Å²) >= 11 is 6.41. The molecule has 0 spiro atoms. The third-order valence-electron chi connectivity index (χ3n) is 5.76. The number of carbonyl (C=O) groups is 2. The van der Waals surface area contributed by atoms with Gasteiger partial charge in [-0.3, -0.25) is 9.59 Å². The fourth-order valence-electron chi connectivity index (χ4n) is 3.70. The van der Waals surface area contributed by atoms with E-state index < -0.39 is 30.1 Å². The van der Waals surface area contributed by atoms with Crippen molar-refractivity contribution in [1.29, 1.82) is 0 Å². The highest BCUT2D eigenvalue weighted by molar-refractivity contribution is 6.35. The average Bonchev–Trinajstić information content (AvgIpc) is 2.77. The number of carbonyl (C=O) groups excluding carboxylic acids is 2. The number of anilines is 1. The number of amides is 1. The molecule has 1 aromatic rings. The lowest BCUT2D eigenvalue weighted by Gasteiger charge is -2.19. The van der Waals surface area contributed by atoms with Crippen LogP contribution in [0, 0.1) is 5.92 Å². The van der Waals surface area contributed by atoms with Gasteiger partial charge in [-0.2, -0.15) is 0 Å². The van der Waals surface area contributed by atoms with Gasteiger partial charge in [0.05, 0.1) is 31.4 Å². The maximum Gasteiger partial charge on any atom is 0.227 e. The number of benzene rings is 1. The number of aliphatic hydroxyl groups is 2. The summed E-state index contributed by atoms with van der Waals surface area (Å²) in [5.41, 5.74) is 2.77. The minimum Gasteiger partial charge on any atom is -0.495 e. The zero-order valence-corrected chi connectivity index (χ0v) is 21.1. The second kappa shape index (κ2) is 12.9. The molecule has 2 bridgehead atoms. The van der Waals surface area contributed by atoms with Gasteiger partial charge in [0, 0.05) is 19.4 Å². The molecule has 0 radical (unpaired) electrons. The molecule has 0 saturated heterocycles. The van der Waals surface area contributed by atoms with E-state index in [0.717, 1.165) is 11.1 Å². The molecule has 34 heavy (non-hydrogen) atoms. The number of allylic oxidation sites excluding steroid dienone is 3.